The molecule has 0 aromatic carbocycles. The minimum Gasteiger partial charge on any atom is -0.446 e. The first kappa shape index (κ1) is 29.6. The van der Waals surface area contributed by atoms with E-state index < -0.39 is 6.09 Å². The maximum atomic E-state index is 13.8. The summed E-state index contributed by atoms with van der Waals surface area (Å²) in [5.74, 6) is 3.55. The molecule has 4 rings (SSSR count). The molecule has 4 aliphatic carbocycles. The number of allylic oxidation sites excluding steroid dienone is 1. The maximum Gasteiger partial charge on any atom is 0.410 e. The molecule has 0 aliphatic heterocycles. The fraction of sp³-hybridized carbons (Fsp3) is 0.875. The molecule has 3 saturated carbocycles. The lowest BCUT2D eigenvalue weighted by molar-refractivity contribution is -0.135. The van der Waals surface area contributed by atoms with Gasteiger partial charge in [-0.3, -0.25) is 4.79 Å². The summed E-state index contributed by atoms with van der Waals surface area (Å²) in [6, 6.07) is 0. The molecule has 0 aromatic heterocycles. The van der Waals surface area contributed by atoms with Crippen LogP contribution in [0.1, 0.15) is 98.8 Å². The molecule has 0 heterocycles. The van der Waals surface area contributed by atoms with Crippen LogP contribution >= 0.6 is 0 Å². The van der Waals surface area contributed by atoms with Crippen LogP contribution in [0.25, 0.3) is 0 Å². The van der Waals surface area contributed by atoms with Gasteiger partial charge >= 0.3 is 6.09 Å². The van der Waals surface area contributed by atoms with Crippen molar-refractivity contribution in [2.45, 2.75) is 105 Å². The van der Waals surface area contributed by atoms with E-state index in [1.807, 2.05) is 6.08 Å². The summed E-state index contributed by atoms with van der Waals surface area (Å²) in [7, 11) is 0. The van der Waals surface area contributed by atoms with E-state index in [0.29, 0.717) is 24.0 Å². The molecule has 2 N–H and O–H groups in total. The average molecular weight is 532 g/mol. The highest BCUT2D eigenvalue weighted by atomic mass is 16.6. The summed E-state index contributed by atoms with van der Waals surface area (Å²) in [6.45, 7) is 11.9. The monoisotopic (exact) mass is 531 g/mol. The Labute approximate surface area is 230 Å². The van der Waals surface area contributed by atoms with E-state index in [9.17, 15) is 19.8 Å². The third-order valence-corrected chi connectivity index (χ3v) is 11.4. The molecule has 0 aromatic rings. The van der Waals surface area contributed by atoms with Crippen molar-refractivity contribution in [3.05, 3.63) is 11.6 Å². The molecule has 0 radical (unpaired) electrons. The van der Waals surface area contributed by atoms with Crippen LogP contribution in [0.15, 0.2) is 11.6 Å². The number of aliphatic hydroxyl groups excluding tert-OH is 2. The maximum absolute atomic E-state index is 13.8. The zero-order valence-corrected chi connectivity index (χ0v) is 24.6. The third-order valence-electron chi connectivity index (χ3n) is 11.4. The standard InChI is InChI=1S/C32H53NO5/c1-21(2)7-6-8-22(3)25-9-10-26-29-27(12-14-32(25,26)5)31(4)13-11-24(19-23(31)20-28(29)36)38-30(37)33(15-17-34)16-18-35/h20-22,24-27,29,34-35H,6-19H2,1-5H3/t22-,24+,25-,26+,27+,29+,31+,32-/m1/s1. The number of fused-ring (bicyclic) bond motifs is 5. The largest absolute Gasteiger partial charge is 0.446 e. The van der Waals surface area contributed by atoms with Crippen molar-refractivity contribution in [2.75, 3.05) is 26.3 Å². The van der Waals surface area contributed by atoms with Gasteiger partial charge in [0.25, 0.3) is 0 Å². The van der Waals surface area contributed by atoms with Gasteiger partial charge in [0, 0.05) is 25.4 Å². The van der Waals surface area contributed by atoms with Crippen molar-refractivity contribution in [3.8, 4) is 0 Å². The Bertz CT molecular complexity index is 879. The van der Waals surface area contributed by atoms with E-state index >= 15 is 0 Å². The molecular weight excluding hydrogens is 478 g/mol. The van der Waals surface area contributed by atoms with Crippen LogP contribution < -0.4 is 0 Å². The van der Waals surface area contributed by atoms with Crippen LogP contribution in [0.2, 0.25) is 0 Å². The third kappa shape index (κ3) is 5.59. The molecule has 3 fully saturated rings. The second-order valence-corrected chi connectivity index (χ2v) is 13.9. The number of amides is 1. The Morgan fingerprint density at radius 2 is 1.74 bits per heavy atom. The smallest absolute Gasteiger partial charge is 0.410 e. The number of hydrogen-bond acceptors (Lipinski definition) is 5. The molecule has 216 valence electrons. The van der Waals surface area contributed by atoms with Gasteiger partial charge in [-0.15, -0.1) is 0 Å². The number of rotatable bonds is 10. The second-order valence-electron chi connectivity index (χ2n) is 13.9. The first-order chi connectivity index (χ1) is 18.0. The van der Waals surface area contributed by atoms with Crippen LogP contribution in [-0.4, -0.2) is 59.4 Å². The van der Waals surface area contributed by atoms with Gasteiger partial charge in [0.2, 0.25) is 0 Å². The molecular formula is C32H53NO5. The van der Waals surface area contributed by atoms with Gasteiger partial charge < -0.3 is 19.8 Å². The lowest BCUT2D eigenvalue weighted by Crippen LogP contribution is -2.54. The topological polar surface area (TPSA) is 87.1 Å². The molecule has 0 bridgehead atoms. The first-order valence-corrected chi connectivity index (χ1v) is 15.5. The van der Waals surface area contributed by atoms with E-state index in [1.165, 1.54) is 49.0 Å². The van der Waals surface area contributed by atoms with Gasteiger partial charge in [-0.1, -0.05) is 59.5 Å². The van der Waals surface area contributed by atoms with Crippen molar-refractivity contribution in [1.29, 1.82) is 0 Å². The van der Waals surface area contributed by atoms with Crippen LogP contribution in [0.5, 0.6) is 0 Å². The number of aliphatic hydroxyl groups is 2. The van der Waals surface area contributed by atoms with E-state index in [1.54, 1.807) is 0 Å². The number of ether oxygens (including phenoxy) is 1. The highest BCUT2D eigenvalue weighted by Gasteiger charge is 2.61. The van der Waals surface area contributed by atoms with Crippen LogP contribution in [0.3, 0.4) is 0 Å². The summed E-state index contributed by atoms with van der Waals surface area (Å²) >= 11 is 0. The number of carbonyl (C=O) groups is 2. The lowest BCUT2D eigenvalue weighted by atomic mass is 9.46. The number of hydrogen-bond donors (Lipinski definition) is 2. The Balaban J connectivity index is 1.46. The van der Waals surface area contributed by atoms with Crippen LogP contribution in [0, 0.1) is 46.3 Å². The van der Waals surface area contributed by atoms with E-state index in [2.05, 4.69) is 34.6 Å². The van der Waals surface area contributed by atoms with E-state index in [4.69, 9.17) is 4.74 Å². The quantitative estimate of drug-likeness (QED) is 0.361. The minimum absolute atomic E-state index is 0.000332. The molecule has 4 aliphatic rings. The van der Waals surface area contributed by atoms with Crippen LogP contribution in [0.4, 0.5) is 4.79 Å². The number of carbonyl (C=O) groups excluding carboxylic acids is 2. The predicted molar refractivity (Wildman–Crippen MR) is 149 cm³/mol. The molecule has 0 spiro atoms. The molecule has 0 unspecified atom stereocenters. The zero-order valence-electron chi connectivity index (χ0n) is 24.6. The summed E-state index contributed by atoms with van der Waals surface area (Å²) < 4.78 is 5.81. The van der Waals surface area contributed by atoms with Crippen molar-refractivity contribution in [3.63, 3.8) is 0 Å². The van der Waals surface area contributed by atoms with Gasteiger partial charge in [0.05, 0.1) is 13.2 Å². The second kappa shape index (κ2) is 12.0. The number of nitrogens with zero attached hydrogens (tertiary/aromatic N) is 1. The van der Waals surface area contributed by atoms with E-state index in [0.717, 1.165) is 37.0 Å². The highest BCUT2D eigenvalue weighted by Crippen LogP contribution is 2.66. The molecule has 8 atom stereocenters. The molecule has 38 heavy (non-hydrogen) atoms. The normalized spacial score (nSPS) is 37.2. The van der Waals surface area contributed by atoms with Gasteiger partial charge in [-0.05, 0) is 85.0 Å². The fourth-order valence-corrected chi connectivity index (χ4v) is 9.25. The Morgan fingerprint density at radius 1 is 1.03 bits per heavy atom. The predicted octanol–water partition coefficient (Wildman–Crippen LogP) is 6.00. The molecule has 1 amide bonds. The molecule has 0 saturated heterocycles. The average Bonchev–Trinajstić information content (AvgIpc) is 3.21. The van der Waals surface area contributed by atoms with Crippen molar-refractivity contribution >= 4 is 11.9 Å². The Hall–Kier alpha value is -1.40. The Kier molecular flexibility index (Phi) is 9.34. The van der Waals surface area contributed by atoms with Crippen molar-refractivity contribution in [2.24, 2.45) is 46.3 Å². The highest BCUT2D eigenvalue weighted by molar-refractivity contribution is 5.94. The SMILES string of the molecule is CC(C)CCC[C@@H](C)[C@H]1CC[C@H]2[C@@H]3C(=O)C=C4C[C@@H](OC(=O)N(CCO)CCO)CC[C@]4(C)[C@H]3CC[C@]12C. The lowest BCUT2D eigenvalue weighted by Gasteiger charge is -2.57. The van der Waals surface area contributed by atoms with Gasteiger partial charge in [0.1, 0.15) is 6.10 Å². The summed E-state index contributed by atoms with van der Waals surface area (Å²) in [5.41, 5.74) is 1.44. The Morgan fingerprint density at radius 3 is 2.39 bits per heavy atom. The fourth-order valence-electron chi connectivity index (χ4n) is 9.25. The van der Waals surface area contributed by atoms with Crippen LogP contribution in [-0.2, 0) is 9.53 Å². The molecule has 6 nitrogen and oxygen atoms in total. The minimum atomic E-state index is -0.491. The molecule has 6 heteroatoms. The van der Waals surface area contributed by atoms with Crippen molar-refractivity contribution < 1.29 is 24.5 Å². The van der Waals surface area contributed by atoms with Gasteiger partial charge in [-0.2, -0.15) is 0 Å². The number of ketones is 1. The summed E-state index contributed by atoms with van der Waals surface area (Å²) in [6.07, 6.45) is 12.3. The first-order valence-electron chi connectivity index (χ1n) is 15.5. The zero-order chi connectivity index (χ0) is 27.7. The van der Waals surface area contributed by atoms with Gasteiger partial charge in [-0.25, -0.2) is 4.79 Å². The van der Waals surface area contributed by atoms with E-state index in [-0.39, 0.29) is 49.2 Å². The van der Waals surface area contributed by atoms with Crippen molar-refractivity contribution in [1.82, 2.24) is 4.90 Å². The summed E-state index contributed by atoms with van der Waals surface area (Å²) in [5, 5.41) is 18.5. The summed E-state index contributed by atoms with van der Waals surface area (Å²) in [4.78, 5) is 27.8. The van der Waals surface area contributed by atoms with Gasteiger partial charge in [0.15, 0.2) is 5.78 Å².